The Kier molecular flexibility index (Phi) is 5.76. The van der Waals surface area contributed by atoms with Crippen molar-refractivity contribution in [3.05, 3.63) is 194 Å². The number of fused-ring (bicyclic) bond motifs is 4. The van der Waals surface area contributed by atoms with E-state index in [-0.39, 0.29) is 29.7 Å². The molecule has 0 N–H and O–H groups in total. The molecule has 238 valence electrons. The van der Waals surface area contributed by atoms with Crippen LogP contribution in [0.3, 0.4) is 0 Å². The zero-order valence-corrected chi connectivity index (χ0v) is 27.5. The average Bonchev–Trinajstić information content (AvgIpc) is 3.62. The van der Waals surface area contributed by atoms with Crippen LogP contribution in [0.2, 0.25) is 0 Å². The van der Waals surface area contributed by atoms with E-state index >= 15 is 0 Å². The van der Waals surface area contributed by atoms with Crippen LogP contribution in [0.25, 0.3) is 99.1 Å². The van der Waals surface area contributed by atoms with Crippen molar-refractivity contribution in [2.45, 2.75) is 0 Å². The van der Waals surface area contributed by atoms with Crippen molar-refractivity contribution in [2.24, 2.45) is 0 Å². The minimum absolute atomic E-state index is 0.154. The van der Waals surface area contributed by atoms with Gasteiger partial charge in [0.25, 0.3) is 0 Å². The van der Waals surface area contributed by atoms with E-state index in [0.29, 0.717) is 16.9 Å². The minimum Gasteiger partial charge on any atom is -0.455 e. The number of benzene rings is 9. The van der Waals surface area contributed by atoms with E-state index in [1.807, 2.05) is 42.5 Å². The van der Waals surface area contributed by atoms with E-state index < -0.39 is 6.04 Å². The van der Waals surface area contributed by atoms with Crippen molar-refractivity contribution < 1.29 is 11.3 Å². The molecule has 10 aromatic rings. The molecule has 10 rings (SSSR count). The fourth-order valence-corrected chi connectivity index (χ4v) is 7.69. The van der Waals surface area contributed by atoms with E-state index in [0.717, 1.165) is 65.9 Å². The van der Waals surface area contributed by atoms with Crippen molar-refractivity contribution in [3.63, 3.8) is 0 Å². The molecule has 1 heteroatoms. The van der Waals surface area contributed by atoms with Crippen molar-refractivity contribution in [2.75, 3.05) is 0 Å². The number of hydrogen-bond acceptors (Lipinski definition) is 1. The van der Waals surface area contributed by atoms with Crippen LogP contribution in [-0.4, -0.2) is 0 Å². The van der Waals surface area contributed by atoms with E-state index in [1.54, 1.807) is 6.07 Å². The summed E-state index contributed by atoms with van der Waals surface area (Å²) in [7, 11) is 0. The Morgan fingerprint density at radius 1 is 0.353 bits per heavy atom. The molecule has 1 heterocycles. The van der Waals surface area contributed by atoms with Gasteiger partial charge in [0.05, 0.1) is 6.85 Å². The van der Waals surface area contributed by atoms with Gasteiger partial charge in [0, 0.05) is 22.1 Å². The highest BCUT2D eigenvalue weighted by Gasteiger charge is 2.25. The average molecular weight is 654 g/mol. The number of rotatable bonds is 5. The molecule has 0 spiro atoms. The summed E-state index contributed by atoms with van der Waals surface area (Å²) in [5, 5.41) is 7.44. The predicted molar refractivity (Wildman–Crippen MR) is 216 cm³/mol. The first-order chi connectivity index (χ1) is 27.4. The lowest BCUT2D eigenvalue weighted by molar-refractivity contribution is 0.632. The molecular formula is C50H32O. The van der Waals surface area contributed by atoms with Crippen molar-refractivity contribution in [1.82, 2.24) is 0 Å². The predicted octanol–water partition coefficient (Wildman–Crippen LogP) is 14.2. The van der Waals surface area contributed by atoms with Crippen LogP contribution in [0, 0.1) is 0 Å². The third-order valence-corrected chi connectivity index (χ3v) is 9.95. The van der Waals surface area contributed by atoms with Gasteiger partial charge in [-0.05, 0) is 83.9 Å². The van der Waals surface area contributed by atoms with E-state index in [2.05, 4.69) is 115 Å². The van der Waals surface area contributed by atoms with Gasteiger partial charge in [-0.2, -0.15) is 0 Å². The van der Waals surface area contributed by atoms with Crippen LogP contribution < -0.4 is 0 Å². The third-order valence-electron chi connectivity index (χ3n) is 9.95. The second-order valence-corrected chi connectivity index (χ2v) is 12.8. The molecule has 51 heavy (non-hydrogen) atoms. The summed E-state index contributed by atoms with van der Waals surface area (Å²) in [5.74, 6) is 0.693. The third kappa shape index (κ3) is 4.86. The van der Waals surface area contributed by atoms with Crippen LogP contribution in [0.4, 0.5) is 0 Å². The Morgan fingerprint density at radius 2 is 0.941 bits per heavy atom. The highest BCUT2D eigenvalue weighted by Crippen LogP contribution is 2.51. The Bertz CT molecular complexity index is 3110. The van der Waals surface area contributed by atoms with Gasteiger partial charge < -0.3 is 4.42 Å². The molecule has 0 bridgehead atoms. The second-order valence-electron chi connectivity index (χ2n) is 12.8. The van der Waals surface area contributed by atoms with Gasteiger partial charge in [0.1, 0.15) is 11.3 Å². The maximum absolute atomic E-state index is 8.78. The highest BCUT2D eigenvalue weighted by molar-refractivity contribution is 6.25. The highest BCUT2D eigenvalue weighted by atomic mass is 16.3. The summed E-state index contributed by atoms with van der Waals surface area (Å²) in [6.45, 7) is 0. The Hall–Kier alpha value is -6.70. The molecular weight excluding hydrogens is 617 g/mol. The summed E-state index contributed by atoms with van der Waals surface area (Å²) < 4.78 is 49.3. The summed E-state index contributed by atoms with van der Waals surface area (Å²) >= 11 is 0. The Labute approximate surface area is 303 Å². The summed E-state index contributed by atoms with van der Waals surface area (Å²) in [6.07, 6.45) is 0. The molecule has 1 nitrogen and oxygen atoms in total. The summed E-state index contributed by atoms with van der Waals surface area (Å²) in [4.78, 5) is 0. The van der Waals surface area contributed by atoms with Gasteiger partial charge >= 0.3 is 0 Å². The molecule has 0 radical (unpaired) electrons. The first-order valence-corrected chi connectivity index (χ1v) is 17.1. The van der Waals surface area contributed by atoms with Gasteiger partial charge in [0.2, 0.25) is 0 Å². The first kappa shape index (κ1) is 24.4. The lowest BCUT2D eigenvalue weighted by Crippen LogP contribution is -1.93. The van der Waals surface area contributed by atoms with Crippen LogP contribution in [0.15, 0.2) is 198 Å². The fraction of sp³-hybridized carbons (Fsp3) is 0. The molecule has 0 aliphatic heterocycles. The first-order valence-electron chi connectivity index (χ1n) is 19.6. The van der Waals surface area contributed by atoms with Gasteiger partial charge in [-0.1, -0.05) is 176 Å². The van der Waals surface area contributed by atoms with Crippen molar-refractivity contribution in [1.29, 1.82) is 0 Å². The Balaban J connectivity index is 1.31. The quantitative estimate of drug-likeness (QED) is 0.169. The largest absolute Gasteiger partial charge is 0.455 e. The van der Waals surface area contributed by atoms with Crippen molar-refractivity contribution >= 4 is 43.3 Å². The molecule has 0 unspecified atom stereocenters. The van der Waals surface area contributed by atoms with Gasteiger partial charge in [-0.15, -0.1) is 0 Å². The van der Waals surface area contributed by atoms with Crippen LogP contribution in [0.5, 0.6) is 0 Å². The number of furan rings is 1. The van der Waals surface area contributed by atoms with E-state index in [4.69, 9.17) is 11.3 Å². The molecule has 9 aromatic carbocycles. The van der Waals surface area contributed by atoms with E-state index in [9.17, 15) is 0 Å². The zero-order chi connectivity index (χ0) is 38.1. The molecule has 0 aliphatic rings. The summed E-state index contributed by atoms with van der Waals surface area (Å²) in [5.41, 5.74) is 8.64. The zero-order valence-electron chi connectivity index (χ0n) is 32.5. The van der Waals surface area contributed by atoms with Crippen molar-refractivity contribution in [3.8, 4) is 55.8 Å². The SMILES string of the molecule is [2H]c1c([2H])c([2H])c(-c2ccc3oc(-c4ccccc4)c(-c4c5ccccc5c(-c5ccccc5-c5ccc6ccccc6c5)c5ccccc45)c3c2)c([2H])c1[2H]. The standard InChI is InChI=1S/C50H32O/c1-3-15-33(16-4-1)37-29-30-46-45(32-37)49(50(51-46)35-18-5-2-6-19-35)48-43-25-13-11-23-41(43)47(42-24-12-14-26-44(42)48)40-22-10-9-21-39(40)38-28-27-34-17-7-8-20-36(34)31-38/h1-32H/i1D,3D,4D,15D,16D. The molecule has 0 fully saturated rings. The lowest BCUT2D eigenvalue weighted by Gasteiger charge is -2.20. The molecule has 0 atom stereocenters. The summed E-state index contributed by atoms with van der Waals surface area (Å²) in [6, 6.07) is 54.7. The Morgan fingerprint density at radius 3 is 1.67 bits per heavy atom. The lowest BCUT2D eigenvalue weighted by atomic mass is 9.82. The van der Waals surface area contributed by atoms with Crippen LogP contribution in [0.1, 0.15) is 6.85 Å². The maximum atomic E-state index is 8.78. The monoisotopic (exact) mass is 653 g/mol. The molecule has 0 aliphatic carbocycles. The number of hydrogen-bond donors (Lipinski definition) is 0. The normalized spacial score (nSPS) is 12.9. The minimum atomic E-state index is -0.416. The van der Waals surface area contributed by atoms with Gasteiger partial charge in [-0.25, -0.2) is 0 Å². The molecule has 1 aromatic heterocycles. The van der Waals surface area contributed by atoms with E-state index in [1.165, 1.54) is 10.8 Å². The second kappa shape index (κ2) is 12.0. The van der Waals surface area contributed by atoms with Crippen LogP contribution in [-0.2, 0) is 0 Å². The van der Waals surface area contributed by atoms with Gasteiger partial charge in [-0.3, -0.25) is 0 Å². The molecule has 0 saturated heterocycles. The molecule has 0 saturated carbocycles. The maximum Gasteiger partial charge on any atom is 0.143 e. The van der Waals surface area contributed by atoms with Gasteiger partial charge in [0.15, 0.2) is 0 Å². The fourth-order valence-electron chi connectivity index (χ4n) is 7.69. The van der Waals surface area contributed by atoms with Crippen LogP contribution >= 0.6 is 0 Å². The topological polar surface area (TPSA) is 13.1 Å². The molecule has 0 amide bonds. The smallest absolute Gasteiger partial charge is 0.143 e.